The van der Waals surface area contributed by atoms with Gasteiger partial charge >= 0.3 is 0 Å². The zero-order chi connectivity index (χ0) is 20.2. The van der Waals surface area contributed by atoms with Crippen molar-refractivity contribution in [1.82, 2.24) is 9.58 Å². The Morgan fingerprint density at radius 2 is 1.76 bits per heavy atom. The molecule has 0 spiro atoms. The van der Waals surface area contributed by atoms with Gasteiger partial charge in [-0.25, -0.2) is 0 Å². The fraction of sp³-hybridized carbons (Fsp3) is 0.320. The van der Waals surface area contributed by atoms with E-state index in [4.69, 9.17) is 0 Å². The number of nitrogens with one attached hydrogen (secondary N) is 1. The highest BCUT2D eigenvalue weighted by Crippen LogP contribution is 2.31. The second kappa shape index (κ2) is 8.66. The predicted molar refractivity (Wildman–Crippen MR) is 121 cm³/mol. The van der Waals surface area contributed by atoms with Gasteiger partial charge in [0, 0.05) is 41.8 Å². The molecule has 2 heterocycles. The van der Waals surface area contributed by atoms with Crippen LogP contribution in [0, 0.1) is 0 Å². The summed E-state index contributed by atoms with van der Waals surface area (Å²) in [6, 6.07) is 18.3. The van der Waals surface area contributed by atoms with Crippen molar-refractivity contribution in [2.45, 2.75) is 39.2 Å². The largest absolute Gasteiger partial charge is 0.296 e. The lowest BCUT2D eigenvalue weighted by Gasteiger charge is -2.33. The van der Waals surface area contributed by atoms with Gasteiger partial charge in [-0.2, -0.15) is 0 Å². The molecule has 2 aromatic carbocycles. The quantitative estimate of drug-likeness (QED) is 0.623. The van der Waals surface area contributed by atoms with Gasteiger partial charge in [0.15, 0.2) is 0 Å². The number of aromatic nitrogens is 1. The van der Waals surface area contributed by atoms with Crippen molar-refractivity contribution in [3.8, 4) is 0 Å². The fourth-order valence-corrected chi connectivity index (χ4v) is 4.36. The second-order valence-electron chi connectivity index (χ2n) is 7.68. The van der Waals surface area contributed by atoms with Crippen LogP contribution in [0.4, 0.5) is 0 Å². The fourth-order valence-electron chi connectivity index (χ4n) is 4.36. The minimum Gasteiger partial charge on any atom is -0.296 e. The molecule has 3 aromatic rings. The van der Waals surface area contributed by atoms with E-state index in [9.17, 15) is 4.79 Å². The van der Waals surface area contributed by atoms with E-state index in [1.807, 2.05) is 41.1 Å². The number of carbonyl (C=O) groups is 1. The van der Waals surface area contributed by atoms with E-state index < -0.39 is 0 Å². The number of hydrogen-bond acceptors (Lipinski definition) is 2. The molecule has 0 saturated heterocycles. The first-order chi connectivity index (χ1) is 14.2. The molecule has 0 atom stereocenters. The molecule has 1 aromatic heterocycles. The lowest BCUT2D eigenvalue weighted by molar-refractivity contribution is 0.101. The van der Waals surface area contributed by atoms with Gasteiger partial charge in [0.2, 0.25) is 0 Å². The molecule has 4 nitrogen and oxygen atoms in total. The molecule has 0 bridgehead atoms. The predicted octanol–water partition coefficient (Wildman–Crippen LogP) is 5.30. The molecule has 1 aliphatic heterocycles. The normalized spacial score (nSPS) is 14.9. The molecule has 4 rings (SSSR count). The summed E-state index contributed by atoms with van der Waals surface area (Å²) in [5.41, 5.74) is 7.32. The number of fused-ring (bicyclic) bond motifs is 1. The van der Waals surface area contributed by atoms with Crippen LogP contribution in [0.2, 0.25) is 0 Å². The Kier molecular flexibility index (Phi) is 5.81. The monoisotopic (exact) mass is 387 g/mol. The molecule has 4 heteroatoms. The van der Waals surface area contributed by atoms with Gasteiger partial charge in [0.25, 0.3) is 5.91 Å². The summed E-state index contributed by atoms with van der Waals surface area (Å²) in [6.07, 6.45) is 7.88. The molecule has 0 unspecified atom stereocenters. The van der Waals surface area contributed by atoms with E-state index in [0.29, 0.717) is 11.6 Å². The van der Waals surface area contributed by atoms with Crippen molar-refractivity contribution >= 4 is 22.4 Å². The second-order valence-corrected chi connectivity index (χ2v) is 7.68. The standard InChI is InChI=1S/C25H29N3O/c1-3-21(4-2)27-16-14-19(15-17-27)23-18-28(24-13-9-8-12-22(23)24)26-25(29)20-10-6-5-7-11-20/h5-14,18,21H,3-4,15-17H2,1-2H3,(H,26,29). The average Bonchev–Trinajstić information content (AvgIpc) is 3.14. The molecule has 1 aliphatic rings. The van der Waals surface area contributed by atoms with Crippen LogP contribution in [0.15, 0.2) is 66.9 Å². The van der Waals surface area contributed by atoms with Crippen molar-refractivity contribution in [2.24, 2.45) is 0 Å². The van der Waals surface area contributed by atoms with Crippen LogP contribution in [0.5, 0.6) is 0 Å². The maximum absolute atomic E-state index is 12.7. The number of para-hydroxylation sites is 1. The summed E-state index contributed by atoms with van der Waals surface area (Å²) in [5.74, 6) is -0.101. The average molecular weight is 388 g/mol. The molecule has 1 amide bonds. The first-order valence-electron chi connectivity index (χ1n) is 10.6. The summed E-state index contributed by atoms with van der Waals surface area (Å²) in [6.45, 7) is 6.64. The molecular formula is C25H29N3O. The zero-order valence-corrected chi connectivity index (χ0v) is 17.3. The Bertz CT molecular complexity index is 1010. The Labute approximate surface area is 172 Å². The molecule has 29 heavy (non-hydrogen) atoms. The summed E-state index contributed by atoms with van der Waals surface area (Å²) < 4.78 is 1.87. The van der Waals surface area contributed by atoms with E-state index in [-0.39, 0.29) is 5.91 Å². The number of hydrogen-bond donors (Lipinski definition) is 1. The molecule has 0 radical (unpaired) electrons. The zero-order valence-electron chi connectivity index (χ0n) is 17.3. The molecule has 0 saturated carbocycles. The van der Waals surface area contributed by atoms with E-state index in [1.165, 1.54) is 29.4 Å². The third-order valence-corrected chi connectivity index (χ3v) is 6.02. The number of nitrogens with zero attached hydrogens (tertiary/aromatic N) is 2. The van der Waals surface area contributed by atoms with Crippen molar-refractivity contribution in [1.29, 1.82) is 0 Å². The van der Waals surface area contributed by atoms with Gasteiger partial charge in [0.05, 0.1) is 5.52 Å². The van der Waals surface area contributed by atoms with Crippen LogP contribution in [-0.2, 0) is 0 Å². The first-order valence-corrected chi connectivity index (χ1v) is 10.6. The Morgan fingerprint density at radius 1 is 1.03 bits per heavy atom. The third kappa shape index (κ3) is 3.99. The maximum Gasteiger partial charge on any atom is 0.270 e. The van der Waals surface area contributed by atoms with Crippen LogP contribution in [0.25, 0.3) is 16.5 Å². The smallest absolute Gasteiger partial charge is 0.270 e. The van der Waals surface area contributed by atoms with Gasteiger partial charge in [-0.1, -0.05) is 56.3 Å². The first kappa shape index (κ1) is 19.5. The van der Waals surface area contributed by atoms with Gasteiger partial charge in [-0.3, -0.25) is 19.8 Å². The number of carbonyl (C=O) groups excluding carboxylic acids is 1. The summed E-state index contributed by atoms with van der Waals surface area (Å²) in [5, 5.41) is 1.18. The van der Waals surface area contributed by atoms with Gasteiger partial charge < -0.3 is 0 Å². The van der Waals surface area contributed by atoms with E-state index >= 15 is 0 Å². The van der Waals surface area contributed by atoms with Crippen molar-refractivity contribution in [3.05, 3.63) is 78.0 Å². The van der Waals surface area contributed by atoms with Crippen LogP contribution in [0.3, 0.4) is 0 Å². The van der Waals surface area contributed by atoms with Crippen LogP contribution in [0.1, 0.15) is 49.0 Å². The summed E-state index contributed by atoms with van der Waals surface area (Å²) in [7, 11) is 0. The van der Waals surface area contributed by atoms with Crippen molar-refractivity contribution < 1.29 is 4.79 Å². The Balaban J connectivity index is 1.62. The number of amides is 1. The lowest BCUT2D eigenvalue weighted by Crippen LogP contribution is -2.37. The molecule has 1 N–H and O–H groups in total. The highest BCUT2D eigenvalue weighted by atomic mass is 16.2. The maximum atomic E-state index is 12.7. The molecular weight excluding hydrogens is 358 g/mol. The van der Waals surface area contributed by atoms with E-state index in [1.54, 1.807) is 0 Å². The van der Waals surface area contributed by atoms with E-state index in [2.05, 4.69) is 54.6 Å². The highest BCUT2D eigenvalue weighted by molar-refractivity contribution is 6.02. The summed E-state index contributed by atoms with van der Waals surface area (Å²) >= 11 is 0. The van der Waals surface area contributed by atoms with Crippen LogP contribution >= 0.6 is 0 Å². The molecule has 150 valence electrons. The highest BCUT2D eigenvalue weighted by Gasteiger charge is 2.21. The number of benzene rings is 2. The topological polar surface area (TPSA) is 37.3 Å². The summed E-state index contributed by atoms with van der Waals surface area (Å²) in [4.78, 5) is 15.3. The van der Waals surface area contributed by atoms with Crippen molar-refractivity contribution in [3.63, 3.8) is 0 Å². The van der Waals surface area contributed by atoms with Gasteiger partial charge in [0.1, 0.15) is 0 Å². The Hall–Kier alpha value is -2.85. The van der Waals surface area contributed by atoms with Crippen LogP contribution in [-0.4, -0.2) is 34.6 Å². The SMILES string of the molecule is CCC(CC)N1CC=C(c2cn(NC(=O)c3ccccc3)c3ccccc23)CC1. The van der Waals surface area contributed by atoms with Gasteiger partial charge in [-0.15, -0.1) is 0 Å². The van der Waals surface area contributed by atoms with E-state index in [0.717, 1.165) is 25.0 Å². The van der Waals surface area contributed by atoms with Crippen LogP contribution < -0.4 is 5.43 Å². The minimum atomic E-state index is -0.101. The van der Waals surface area contributed by atoms with Gasteiger partial charge in [-0.05, 0) is 43.0 Å². The molecule has 0 aliphatic carbocycles. The van der Waals surface area contributed by atoms with Crippen molar-refractivity contribution in [2.75, 3.05) is 18.5 Å². The minimum absolute atomic E-state index is 0.101. The Morgan fingerprint density at radius 3 is 2.45 bits per heavy atom. The third-order valence-electron chi connectivity index (χ3n) is 6.02. The lowest BCUT2D eigenvalue weighted by atomic mass is 9.97. The molecule has 0 fully saturated rings. The number of rotatable bonds is 6.